The van der Waals surface area contributed by atoms with Gasteiger partial charge in [0, 0.05) is 30.0 Å². The lowest BCUT2D eigenvalue weighted by Crippen LogP contribution is -2.39. The molecule has 0 saturated heterocycles. The minimum Gasteiger partial charge on any atom is -0.368 e. The molecule has 0 spiro atoms. The Hall–Kier alpha value is -3.42. The van der Waals surface area contributed by atoms with Crippen molar-refractivity contribution < 1.29 is 0 Å². The topological polar surface area (TPSA) is 93.4 Å². The number of imidazole rings is 1. The number of nitrogens with one attached hydrogen (secondary N) is 2. The first-order chi connectivity index (χ1) is 17.5. The zero-order valence-corrected chi connectivity index (χ0v) is 21.5. The van der Waals surface area contributed by atoms with E-state index in [1.807, 2.05) is 35.2 Å². The van der Waals surface area contributed by atoms with Gasteiger partial charge in [0.15, 0.2) is 0 Å². The summed E-state index contributed by atoms with van der Waals surface area (Å²) >= 11 is 0. The van der Waals surface area contributed by atoms with Gasteiger partial charge in [0.1, 0.15) is 0 Å². The van der Waals surface area contributed by atoms with Crippen LogP contribution in [0.3, 0.4) is 0 Å². The number of tetrazole rings is 1. The van der Waals surface area contributed by atoms with Gasteiger partial charge in [0.2, 0.25) is 5.82 Å². The quantitative estimate of drug-likeness (QED) is 0.479. The average molecular weight is 488 g/mol. The largest absolute Gasteiger partial charge is 0.368 e. The van der Waals surface area contributed by atoms with Gasteiger partial charge in [-0.25, -0.2) is 4.79 Å². The van der Waals surface area contributed by atoms with Gasteiger partial charge in [0.25, 0.3) is 0 Å². The zero-order valence-electron chi connectivity index (χ0n) is 21.5. The maximum atomic E-state index is 14.1. The molecular weight excluding hydrogens is 450 g/mol. The van der Waals surface area contributed by atoms with Gasteiger partial charge in [-0.05, 0) is 60.7 Å². The Morgan fingerprint density at radius 1 is 1.11 bits per heavy atom. The number of dihydropyridines is 1. The normalized spacial score (nSPS) is 23.0. The third-order valence-electron chi connectivity index (χ3n) is 8.07. The van der Waals surface area contributed by atoms with E-state index in [1.165, 1.54) is 19.3 Å². The van der Waals surface area contributed by atoms with Gasteiger partial charge in [-0.1, -0.05) is 70.0 Å². The van der Waals surface area contributed by atoms with Gasteiger partial charge in [-0.15, -0.1) is 10.2 Å². The Kier molecular flexibility index (Phi) is 6.94. The number of allylic oxidation sites excluding steroid dienone is 2. The average Bonchev–Trinajstić information content (AvgIpc) is 3.53. The van der Waals surface area contributed by atoms with E-state index in [9.17, 15) is 4.79 Å². The van der Waals surface area contributed by atoms with Crippen molar-refractivity contribution in [2.24, 2.45) is 11.8 Å². The fraction of sp³-hybridized carbons (Fsp3) is 0.500. The summed E-state index contributed by atoms with van der Waals surface area (Å²) in [6.45, 7) is 7.32. The van der Waals surface area contributed by atoms with Gasteiger partial charge in [-0.2, -0.15) is 5.21 Å². The van der Waals surface area contributed by atoms with Crippen LogP contribution in [0, 0.1) is 11.8 Å². The zero-order chi connectivity index (χ0) is 25.1. The number of benzene rings is 1. The number of hydrogen-bond acceptors (Lipinski definition) is 5. The monoisotopic (exact) mass is 487 g/mol. The fourth-order valence-corrected chi connectivity index (χ4v) is 6.20. The predicted molar refractivity (Wildman–Crippen MR) is 141 cm³/mol. The van der Waals surface area contributed by atoms with Crippen molar-refractivity contribution in [3.8, 4) is 11.4 Å². The van der Waals surface area contributed by atoms with Crippen molar-refractivity contribution in [3.63, 3.8) is 0 Å². The first kappa shape index (κ1) is 24.3. The summed E-state index contributed by atoms with van der Waals surface area (Å²) < 4.78 is 4.09. The highest BCUT2D eigenvalue weighted by Crippen LogP contribution is 2.39. The van der Waals surface area contributed by atoms with Crippen LogP contribution < -0.4 is 11.0 Å². The maximum absolute atomic E-state index is 14.1. The van der Waals surface area contributed by atoms with Crippen LogP contribution in [0.15, 0.2) is 59.8 Å². The van der Waals surface area contributed by atoms with E-state index in [4.69, 9.17) is 0 Å². The Morgan fingerprint density at radius 3 is 2.56 bits per heavy atom. The highest BCUT2D eigenvalue weighted by Gasteiger charge is 2.36. The van der Waals surface area contributed by atoms with E-state index in [0.29, 0.717) is 24.2 Å². The Balaban J connectivity index is 1.63. The van der Waals surface area contributed by atoms with E-state index < -0.39 is 5.41 Å². The van der Waals surface area contributed by atoms with Crippen LogP contribution in [-0.4, -0.2) is 29.8 Å². The van der Waals surface area contributed by atoms with Crippen molar-refractivity contribution in [2.75, 3.05) is 0 Å². The molecule has 1 aromatic carbocycles. The molecule has 5 rings (SSSR count). The standard InChI is InChI=1S/C28H37N7O/c1-4-5-11-22-18-34(25-20(2)9-8-10-21(25)3)27(36)35(22)19-28(14-16-29-17-15-28)24-13-7-6-12-23(24)26-30-32-33-31-26/h6-7,12-18,20-21,25,29H,4-5,8-11,19H2,1-3H3,(H,30,31,32,33). The van der Waals surface area contributed by atoms with Crippen molar-refractivity contribution >= 4 is 0 Å². The molecule has 1 fully saturated rings. The highest BCUT2D eigenvalue weighted by molar-refractivity contribution is 5.64. The molecule has 2 aliphatic rings. The number of aryl methyl sites for hydroxylation is 1. The predicted octanol–water partition coefficient (Wildman–Crippen LogP) is 4.74. The van der Waals surface area contributed by atoms with E-state index in [0.717, 1.165) is 36.1 Å². The van der Waals surface area contributed by atoms with E-state index in [1.54, 1.807) is 0 Å². The molecular formula is C28H37N7O. The molecule has 0 bridgehead atoms. The van der Waals surface area contributed by atoms with Crippen LogP contribution in [-0.2, 0) is 18.4 Å². The molecule has 2 aromatic heterocycles. The minimum atomic E-state index is -0.538. The number of H-pyrrole nitrogens is 1. The summed E-state index contributed by atoms with van der Waals surface area (Å²) in [6, 6.07) is 8.38. The maximum Gasteiger partial charge on any atom is 0.328 e. The number of nitrogens with zero attached hydrogens (tertiary/aromatic N) is 5. The first-order valence-corrected chi connectivity index (χ1v) is 13.3. The molecule has 1 aliphatic carbocycles. The van der Waals surface area contributed by atoms with Crippen molar-refractivity contribution in [1.82, 2.24) is 35.1 Å². The molecule has 3 aromatic rings. The molecule has 190 valence electrons. The third-order valence-corrected chi connectivity index (χ3v) is 8.07. The smallest absolute Gasteiger partial charge is 0.328 e. The first-order valence-electron chi connectivity index (χ1n) is 13.3. The number of unbranched alkanes of at least 4 members (excludes halogenated alkanes) is 1. The molecule has 2 atom stereocenters. The van der Waals surface area contributed by atoms with E-state index in [-0.39, 0.29) is 11.7 Å². The fourth-order valence-electron chi connectivity index (χ4n) is 6.20. The number of hydrogen-bond donors (Lipinski definition) is 2. The van der Waals surface area contributed by atoms with Gasteiger partial charge in [0.05, 0.1) is 5.41 Å². The van der Waals surface area contributed by atoms with Crippen molar-refractivity contribution in [1.29, 1.82) is 0 Å². The summed E-state index contributed by atoms with van der Waals surface area (Å²) in [5.74, 6) is 1.53. The van der Waals surface area contributed by atoms with Crippen LogP contribution in [0.2, 0.25) is 0 Å². The van der Waals surface area contributed by atoms with E-state index >= 15 is 0 Å². The van der Waals surface area contributed by atoms with Crippen molar-refractivity contribution in [2.45, 2.75) is 77.3 Å². The molecule has 1 saturated carbocycles. The van der Waals surface area contributed by atoms with Crippen LogP contribution in [0.4, 0.5) is 0 Å². The molecule has 8 heteroatoms. The number of aromatic nitrogens is 6. The SMILES string of the molecule is CCCCc1cn(C2C(C)CCCC2C)c(=O)n1CC1(c2ccccc2-c2nn[nH]n2)C=CNC=C1. The molecule has 0 amide bonds. The third kappa shape index (κ3) is 4.45. The molecule has 8 nitrogen and oxygen atoms in total. The lowest BCUT2D eigenvalue weighted by molar-refractivity contribution is 0.179. The molecule has 2 unspecified atom stereocenters. The second-order valence-electron chi connectivity index (χ2n) is 10.5. The summed E-state index contributed by atoms with van der Waals surface area (Å²) in [4.78, 5) is 14.1. The van der Waals surface area contributed by atoms with E-state index in [2.05, 4.69) is 75.7 Å². The second-order valence-corrected chi connectivity index (χ2v) is 10.5. The van der Waals surface area contributed by atoms with Gasteiger partial charge >= 0.3 is 5.69 Å². The Bertz CT molecular complexity index is 1260. The van der Waals surface area contributed by atoms with Crippen molar-refractivity contribution in [3.05, 3.63) is 76.8 Å². The molecule has 3 heterocycles. The molecule has 1 aliphatic heterocycles. The summed E-state index contributed by atoms with van der Waals surface area (Å²) in [5, 5.41) is 18.0. The summed E-state index contributed by atoms with van der Waals surface area (Å²) in [7, 11) is 0. The lowest BCUT2D eigenvalue weighted by atomic mass is 9.76. The summed E-state index contributed by atoms with van der Waals surface area (Å²) in [5.41, 5.74) is 2.62. The number of aromatic amines is 1. The lowest BCUT2D eigenvalue weighted by Gasteiger charge is -2.35. The highest BCUT2D eigenvalue weighted by atomic mass is 16.1. The van der Waals surface area contributed by atoms with Gasteiger partial charge in [-0.3, -0.25) is 9.13 Å². The summed E-state index contributed by atoms with van der Waals surface area (Å²) in [6.07, 6.45) is 17.0. The van der Waals surface area contributed by atoms with Crippen LogP contribution in [0.5, 0.6) is 0 Å². The van der Waals surface area contributed by atoms with Crippen LogP contribution >= 0.6 is 0 Å². The molecule has 0 radical (unpaired) electrons. The van der Waals surface area contributed by atoms with Crippen LogP contribution in [0.25, 0.3) is 11.4 Å². The second kappa shape index (κ2) is 10.3. The Morgan fingerprint density at radius 2 is 1.86 bits per heavy atom. The molecule has 2 N–H and O–H groups in total. The van der Waals surface area contributed by atoms with Crippen LogP contribution in [0.1, 0.15) is 70.2 Å². The molecule has 36 heavy (non-hydrogen) atoms. The minimum absolute atomic E-state index is 0.100. The Labute approximate surface area is 212 Å². The van der Waals surface area contributed by atoms with Gasteiger partial charge < -0.3 is 5.32 Å². The number of rotatable bonds is 8.